The Bertz CT molecular complexity index is 4160. The van der Waals surface area contributed by atoms with Gasteiger partial charge in [0.25, 0.3) is 0 Å². The number of fused-ring (bicyclic) bond motifs is 13. The Morgan fingerprint density at radius 1 is 0.300 bits per heavy atom. The molecule has 15 rings (SSSR count). The number of nitrogens with zero attached hydrogens (tertiary/aromatic N) is 4. The van der Waals surface area contributed by atoms with Crippen molar-refractivity contribution in [3.05, 3.63) is 241 Å². The average molecular weight is 897 g/mol. The van der Waals surface area contributed by atoms with Crippen molar-refractivity contribution >= 4 is 87.2 Å². The molecule has 1 aliphatic carbocycles. The molecule has 0 radical (unpaired) electrons. The maximum Gasteiger partial charge on any atom is 0.0541 e. The highest BCUT2D eigenvalue weighted by molar-refractivity contribution is 6.12. The van der Waals surface area contributed by atoms with E-state index in [-0.39, 0.29) is 5.41 Å². The zero-order valence-corrected chi connectivity index (χ0v) is 39.4. The first-order valence-electron chi connectivity index (χ1n) is 24.6. The van der Waals surface area contributed by atoms with E-state index in [1.165, 1.54) is 115 Å². The van der Waals surface area contributed by atoms with Gasteiger partial charge in [-0.15, -0.1) is 0 Å². The Balaban J connectivity index is 1.09. The van der Waals surface area contributed by atoms with E-state index >= 15 is 0 Å². The number of hydrogen-bond acceptors (Lipinski definition) is 0. The van der Waals surface area contributed by atoms with Crippen molar-refractivity contribution in [2.45, 2.75) is 38.0 Å². The van der Waals surface area contributed by atoms with Crippen molar-refractivity contribution in [1.29, 1.82) is 0 Å². The van der Waals surface area contributed by atoms with Crippen LogP contribution in [0, 0.1) is 0 Å². The molecule has 0 saturated carbocycles. The van der Waals surface area contributed by atoms with Gasteiger partial charge in [-0.2, -0.15) is 0 Å². The summed E-state index contributed by atoms with van der Waals surface area (Å²) in [5.41, 5.74) is 17.8. The van der Waals surface area contributed by atoms with E-state index in [4.69, 9.17) is 0 Å². The van der Waals surface area contributed by atoms with Crippen LogP contribution in [0.15, 0.2) is 224 Å². The van der Waals surface area contributed by atoms with E-state index in [1.54, 1.807) is 0 Å². The van der Waals surface area contributed by atoms with Crippen LogP contribution in [0.3, 0.4) is 0 Å². The molecule has 1 aliphatic rings. The fraction of sp³-hybridized carbons (Fsp3) is 0.0909. The third-order valence-electron chi connectivity index (χ3n) is 16.1. The zero-order valence-electron chi connectivity index (χ0n) is 39.4. The fourth-order valence-corrected chi connectivity index (χ4v) is 13.3. The summed E-state index contributed by atoms with van der Waals surface area (Å²) in [6.07, 6.45) is 0.916. The Morgan fingerprint density at radius 3 is 0.886 bits per heavy atom. The molecular formula is C66H48N4. The minimum absolute atomic E-state index is 0.206. The Hall–Kier alpha value is -8.60. The quantitative estimate of drug-likeness (QED) is 0.164. The number of aromatic nitrogens is 4. The lowest BCUT2D eigenvalue weighted by Gasteiger charge is -2.32. The second kappa shape index (κ2) is 14.2. The number of para-hydroxylation sites is 8. The highest BCUT2D eigenvalue weighted by atomic mass is 15.0. The van der Waals surface area contributed by atoms with E-state index < -0.39 is 5.41 Å². The molecule has 0 aliphatic heterocycles. The van der Waals surface area contributed by atoms with Crippen LogP contribution in [-0.2, 0) is 10.8 Å². The minimum Gasteiger partial charge on any atom is -0.309 e. The van der Waals surface area contributed by atoms with Gasteiger partial charge in [0.15, 0.2) is 0 Å². The molecule has 0 amide bonds. The molecule has 1 unspecified atom stereocenters. The van der Waals surface area contributed by atoms with Gasteiger partial charge < -0.3 is 18.3 Å². The molecule has 0 saturated heterocycles. The van der Waals surface area contributed by atoms with E-state index in [2.05, 4.69) is 263 Å². The van der Waals surface area contributed by atoms with Crippen LogP contribution in [-0.4, -0.2) is 18.3 Å². The van der Waals surface area contributed by atoms with Gasteiger partial charge in [0.05, 0.1) is 49.8 Å². The number of benzene rings is 10. The molecule has 4 heterocycles. The number of rotatable bonds is 5. The van der Waals surface area contributed by atoms with Crippen LogP contribution in [0.5, 0.6) is 0 Å². The Morgan fingerprint density at radius 2 is 0.571 bits per heavy atom. The first-order valence-corrected chi connectivity index (χ1v) is 24.6. The molecule has 0 bridgehead atoms. The molecular weight excluding hydrogens is 849 g/mol. The van der Waals surface area contributed by atoms with Crippen molar-refractivity contribution in [3.8, 4) is 22.7 Å². The van der Waals surface area contributed by atoms with E-state index in [0.29, 0.717) is 0 Å². The Labute approximate surface area is 405 Å². The summed E-state index contributed by atoms with van der Waals surface area (Å²) in [6, 6.07) is 84.0. The third-order valence-corrected chi connectivity index (χ3v) is 16.1. The second-order valence-corrected chi connectivity index (χ2v) is 20.5. The van der Waals surface area contributed by atoms with Gasteiger partial charge in [-0.1, -0.05) is 166 Å². The predicted octanol–water partition coefficient (Wildman–Crippen LogP) is 17.1. The van der Waals surface area contributed by atoms with Crippen molar-refractivity contribution in [2.24, 2.45) is 0 Å². The van der Waals surface area contributed by atoms with Crippen LogP contribution in [0.1, 0.15) is 43.9 Å². The summed E-state index contributed by atoms with van der Waals surface area (Å²) in [5, 5.41) is 10.1. The Kier molecular flexibility index (Phi) is 8.01. The summed E-state index contributed by atoms with van der Waals surface area (Å²) in [7, 11) is 0. The first-order chi connectivity index (χ1) is 34.4. The molecule has 0 fully saturated rings. The molecule has 0 N–H and O–H groups in total. The fourth-order valence-electron chi connectivity index (χ4n) is 13.3. The lowest BCUT2D eigenvalue weighted by molar-refractivity contribution is 0.424. The van der Waals surface area contributed by atoms with Gasteiger partial charge in [0.1, 0.15) is 0 Å². The lowest BCUT2D eigenvalue weighted by atomic mass is 9.74. The van der Waals surface area contributed by atoms with Crippen LogP contribution < -0.4 is 0 Å². The topological polar surface area (TPSA) is 19.7 Å². The number of hydrogen-bond donors (Lipinski definition) is 0. The van der Waals surface area contributed by atoms with Gasteiger partial charge in [0, 0.05) is 65.6 Å². The molecule has 1 atom stereocenters. The largest absolute Gasteiger partial charge is 0.309 e. The molecule has 14 aromatic rings. The van der Waals surface area contributed by atoms with Crippen molar-refractivity contribution in [2.75, 3.05) is 0 Å². The first kappa shape index (κ1) is 39.4. The van der Waals surface area contributed by atoms with Crippen LogP contribution >= 0.6 is 0 Å². The maximum absolute atomic E-state index is 2.59. The van der Waals surface area contributed by atoms with Gasteiger partial charge in [0.2, 0.25) is 0 Å². The molecule has 4 heteroatoms. The monoisotopic (exact) mass is 896 g/mol. The molecule has 0 spiro atoms. The molecule has 10 aromatic carbocycles. The summed E-state index contributed by atoms with van der Waals surface area (Å²) >= 11 is 0. The minimum atomic E-state index is -0.442. The van der Waals surface area contributed by atoms with Crippen LogP contribution in [0.2, 0.25) is 0 Å². The van der Waals surface area contributed by atoms with Gasteiger partial charge in [-0.3, -0.25) is 0 Å². The van der Waals surface area contributed by atoms with Crippen LogP contribution in [0.25, 0.3) is 110 Å². The molecule has 4 nitrogen and oxygen atoms in total. The van der Waals surface area contributed by atoms with Crippen molar-refractivity contribution in [1.82, 2.24) is 18.3 Å². The average Bonchev–Trinajstić information content (AvgIpc) is 4.17. The zero-order chi connectivity index (χ0) is 46.5. The van der Waals surface area contributed by atoms with E-state index in [0.717, 1.165) is 17.8 Å². The van der Waals surface area contributed by atoms with Gasteiger partial charge >= 0.3 is 0 Å². The lowest BCUT2D eigenvalue weighted by Crippen LogP contribution is -2.25. The highest BCUT2D eigenvalue weighted by Crippen LogP contribution is 2.57. The predicted molar refractivity (Wildman–Crippen MR) is 294 cm³/mol. The van der Waals surface area contributed by atoms with Crippen molar-refractivity contribution < 1.29 is 0 Å². The second-order valence-electron chi connectivity index (χ2n) is 20.5. The molecule has 70 heavy (non-hydrogen) atoms. The van der Waals surface area contributed by atoms with E-state index in [9.17, 15) is 0 Å². The summed E-state index contributed by atoms with van der Waals surface area (Å²) < 4.78 is 10.1. The normalized spacial score (nSPS) is 15.8. The standard InChI is InChI=1S/C66H48N4/c1-65(2)41-66(3,42-36-43(67-55-28-12-4-20-46(55)47-21-5-13-29-56(47)67)38-44(37-42)68-57-30-14-6-22-48(57)49-23-7-15-31-58(49)68)64-54(65)39-45(69-59-32-16-8-24-50(59)51-25-9-17-33-60(51)69)40-63(64)70-61-34-18-10-26-52(61)53-27-11-19-35-62(53)70/h4-40H,41H2,1-3H3. The summed E-state index contributed by atoms with van der Waals surface area (Å²) in [4.78, 5) is 0. The maximum atomic E-state index is 2.59. The molecule has 332 valence electrons. The van der Waals surface area contributed by atoms with Gasteiger partial charge in [-0.25, -0.2) is 0 Å². The smallest absolute Gasteiger partial charge is 0.0541 e. The summed E-state index contributed by atoms with van der Waals surface area (Å²) in [5.74, 6) is 0. The summed E-state index contributed by atoms with van der Waals surface area (Å²) in [6.45, 7) is 7.50. The SMILES string of the molecule is CC1(C)CC(C)(c2cc(-n3c4ccccc4c4ccccc43)cc(-n3c4ccccc4c4ccccc43)c2)c2c(-n3c4ccccc4c4ccccc43)cc(-n3c4ccccc4c4ccccc43)cc21. The van der Waals surface area contributed by atoms with E-state index in [1.807, 2.05) is 0 Å². The van der Waals surface area contributed by atoms with Gasteiger partial charge in [-0.05, 0) is 107 Å². The molecule has 4 aromatic heterocycles. The highest BCUT2D eigenvalue weighted by Gasteiger charge is 2.48. The van der Waals surface area contributed by atoms with Crippen molar-refractivity contribution in [3.63, 3.8) is 0 Å². The third kappa shape index (κ3) is 5.31. The van der Waals surface area contributed by atoms with Crippen LogP contribution in [0.4, 0.5) is 0 Å².